The fraction of sp³-hybridized carbons (Fsp3) is 0.550. The maximum absolute atomic E-state index is 12.8. The summed E-state index contributed by atoms with van der Waals surface area (Å²) in [5, 5.41) is 5.92. The van der Waals surface area contributed by atoms with Crippen molar-refractivity contribution in [3.8, 4) is 0 Å². The van der Waals surface area contributed by atoms with E-state index in [9.17, 15) is 14.4 Å². The Labute approximate surface area is 158 Å². The third kappa shape index (κ3) is 2.95. The van der Waals surface area contributed by atoms with Crippen LogP contribution in [0.5, 0.6) is 0 Å². The van der Waals surface area contributed by atoms with Gasteiger partial charge in [-0.1, -0.05) is 12.1 Å². The molecule has 142 valence electrons. The lowest BCUT2D eigenvalue weighted by atomic mass is 9.86. The molecule has 1 atom stereocenters. The summed E-state index contributed by atoms with van der Waals surface area (Å²) in [6.45, 7) is 3.44. The maximum atomic E-state index is 12.8. The second-order valence-electron chi connectivity index (χ2n) is 8.14. The largest absolute Gasteiger partial charge is 0.322 e. The van der Waals surface area contributed by atoms with E-state index in [2.05, 4.69) is 21.6 Å². The topological polar surface area (TPSA) is 81.8 Å². The Morgan fingerprint density at radius 2 is 2.00 bits per heavy atom. The molecule has 27 heavy (non-hydrogen) atoms. The highest BCUT2D eigenvalue weighted by molar-refractivity contribution is 6.05. The first-order valence-electron chi connectivity index (χ1n) is 9.82. The van der Waals surface area contributed by atoms with Gasteiger partial charge in [-0.3, -0.25) is 24.6 Å². The van der Waals surface area contributed by atoms with E-state index >= 15 is 0 Å². The number of nitrogens with zero attached hydrogens (tertiary/aromatic N) is 2. The number of carbonyl (C=O) groups is 3. The fourth-order valence-corrected chi connectivity index (χ4v) is 4.82. The highest BCUT2D eigenvalue weighted by atomic mass is 16.2. The molecule has 3 saturated heterocycles. The summed E-state index contributed by atoms with van der Waals surface area (Å²) in [6.07, 6.45) is 3.15. The maximum Gasteiger partial charge on any atom is 0.255 e. The lowest BCUT2D eigenvalue weighted by Crippen LogP contribution is -2.52. The Kier molecular flexibility index (Phi) is 4.02. The molecule has 7 heteroatoms. The minimum absolute atomic E-state index is 0.105. The monoisotopic (exact) mass is 368 g/mol. The molecule has 7 nitrogen and oxygen atoms in total. The fourth-order valence-electron chi connectivity index (χ4n) is 4.82. The van der Waals surface area contributed by atoms with Crippen molar-refractivity contribution in [3.63, 3.8) is 0 Å². The number of hydrogen-bond donors (Lipinski definition) is 2. The summed E-state index contributed by atoms with van der Waals surface area (Å²) in [5.41, 5.74) is 2.89. The second-order valence-corrected chi connectivity index (χ2v) is 8.14. The van der Waals surface area contributed by atoms with Gasteiger partial charge < -0.3 is 10.2 Å². The molecular formula is C20H24N4O3. The van der Waals surface area contributed by atoms with E-state index < -0.39 is 6.04 Å². The molecule has 6 rings (SSSR count). The van der Waals surface area contributed by atoms with Gasteiger partial charge in [0.25, 0.3) is 5.91 Å². The van der Waals surface area contributed by atoms with Gasteiger partial charge in [-0.25, -0.2) is 0 Å². The van der Waals surface area contributed by atoms with Crippen molar-refractivity contribution in [1.82, 2.24) is 20.4 Å². The van der Waals surface area contributed by atoms with Crippen molar-refractivity contribution in [2.45, 2.75) is 56.9 Å². The predicted octanol–water partition coefficient (Wildman–Crippen LogP) is 0.384. The van der Waals surface area contributed by atoms with Crippen LogP contribution in [0.2, 0.25) is 0 Å². The molecule has 1 unspecified atom stereocenters. The van der Waals surface area contributed by atoms with Gasteiger partial charge in [0.15, 0.2) is 0 Å². The molecule has 5 aliphatic rings. The van der Waals surface area contributed by atoms with Gasteiger partial charge in [0, 0.05) is 50.2 Å². The minimum Gasteiger partial charge on any atom is -0.322 e. The third-order valence-corrected chi connectivity index (χ3v) is 6.44. The number of hydrogen-bond acceptors (Lipinski definition) is 5. The number of carbonyl (C=O) groups excluding carboxylic acids is 3. The molecule has 2 N–H and O–H groups in total. The van der Waals surface area contributed by atoms with Crippen molar-refractivity contribution in [3.05, 3.63) is 34.9 Å². The highest BCUT2D eigenvalue weighted by Crippen LogP contribution is 2.31. The number of imide groups is 1. The van der Waals surface area contributed by atoms with E-state index in [4.69, 9.17) is 0 Å². The van der Waals surface area contributed by atoms with Crippen LogP contribution >= 0.6 is 0 Å². The van der Waals surface area contributed by atoms with Gasteiger partial charge in [0.2, 0.25) is 11.8 Å². The normalized spacial score (nSPS) is 30.6. The van der Waals surface area contributed by atoms with Crippen LogP contribution in [0.1, 0.15) is 47.2 Å². The average Bonchev–Trinajstić information content (AvgIpc) is 2.76. The summed E-state index contributed by atoms with van der Waals surface area (Å²) in [5.74, 6) is -0.719. The Hall–Kier alpha value is -2.25. The molecule has 1 aromatic carbocycles. The summed E-state index contributed by atoms with van der Waals surface area (Å²) in [4.78, 5) is 40.4. The Balaban J connectivity index is 1.31. The molecule has 4 heterocycles. The number of piperidine rings is 1. The van der Waals surface area contributed by atoms with Crippen molar-refractivity contribution < 1.29 is 14.4 Å². The molecule has 1 aromatic rings. The zero-order valence-corrected chi connectivity index (χ0v) is 15.2. The molecule has 3 amide bonds. The van der Waals surface area contributed by atoms with Gasteiger partial charge in [0.1, 0.15) is 6.04 Å². The summed E-state index contributed by atoms with van der Waals surface area (Å²) >= 11 is 0. The van der Waals surface area contributed by atoms with Crippen LogP contribution in [0, 0.1) is 0 Å². The zero-order valence-electron chi connectivity index (χ0n) is 15.2. The quantitative estimate of drug-likeness (QED) is 0.754. The van der Waals surface area contributed by atoms with Gasteiger partial charge in [-0.05, 0) is 36.5 Å². The summed E-state index contributed by atoms with van der Waals surface area (Å²) in [7, 11) is 0. The second kappa shape index (κ2) is 6.42. The third-order valence-electron chi connectivity index (χ3n) is 6.44. The summed E-state index contributed by atoms with van der Waals surface area (Å²) < 4.78 is 0. The van der Waals surface area contributed by atoms with Gasteiger partial charge in [-0.15, -0.1) is 0 Å². The van der Waals surface area contributed by atoms with Crippen LogP contribution in [0.25, 0.3) is 0 Å². The lowest BCUT2D eigenvalue weighted by Gasteiger charge is -2.39. The van der Waals surface area contributed by atoms with Crippen molar-refractivity contribution in [1.29, 1.82) is 0 Å². The van der Waals surface area contributed by atoms with Crippen LogP contribution in [-0.4, -0.2) is 58.7 Å². The number of benzene rings is 1. The minimum atomic E-state index is -0.547. The van der Waals surface area contributed by atoms with Crippen molar-refractivity contribution >= 4 is 17.7 Å². The first-order valence-corrected chi connectivity index (χ1v) is 9.82. The standard InChI is InChI=1S/C20H24N4O3/c25-18-4-3-17(19(26)22-18)24-11-13-7-12(1-2-16(13)20(24)27)10-23-6-5-21-14-8-15(23)9-14/h1-2,7,14-15,17,21H,3-6,8-11H2,(H,22,25,26). The van der Waals surface area contributed by atoms with Crippen LogP contribution in [0.3, 0.4) is 0 Å². The number of amides is 3. The molecule has 4 fully saturated rings. The van der Waals surface area contributed by atoms with Crippen LogP contribution < -0.4 is 10.6 Å². The van der Waals surface area contributed by atoms with Gasteiger partial charge in [0.05, 0.1) is 0 Å². The molecule has 1 saturated carbocycles. The molecule has 1 aliphatic carbocycles. The number of fused-ring (bicyclic) bond motifs is 4. The molecule has 0 spiro atoms. The van der Waals surface area contributed by atoms with Gasteiger partial charge >= 0.3 is 0 Å². The van der Waals surface area contributed by atoms with E-state index in [1.807, 2.05) is 12.1 Å². The predicted molar refractivity (Wildman–Crippen MR) is 97.7 cm³/mol. The van der Waals surface area contributed by atoms with E-state index in [0.29, 0.717) is 30.6 Å². The molecule has 4 aliphatic heterocycles. The SMILES string of the molecule is O=C1CCC(N2Cc3cc(CN4CCNC5CC4C5)ccc3C2=O)C(=O)N1. The molecular weight excluding hydrogens is 344 g/mol. The lowest BCUT2D eigenvalue weighted by molar-refractivity contribution is -0.136. The first kappa shape index (κ1) is 16.9. The average molecular weight is 368 g/mol. The first-order chi connectivity index (χ1) is 13.1. The Bertz CT molecular complexity index is 817. The Morgan fingerprint density at radius 1 is 1.15 bits per heavy atom. The highest BCUT2D eigenvalue weighted by Gasteiger charge is 2.39. The number of rotatable bonds is 3. The smallest absolute Gasteiger partial charge is 0.255 e. The number of nitrogens with one attached hydrogen (secondary N) is 2. The zero-order chi connectivity index (χ0) is 18.5. The van der Waals surface area contributed by atoms with Crippen LogP contribution in [-0.2, 0) is 22.7 Å². The van der Waals surface area contributed by atoms with E-state index in [1.54, 1.807) is 4.90 Å². The van der Waals surface area contributed by atoms with Crippen molar-refractivity contribution in [2.75, 3.05) is 13.1 Å². The summed E-state index contributed by atoms with van der Waals surface area (Å²) in [6, 6.07) is 6.87. The molecule has 0 aromatic heterocycles. The van der Waals surface area contributed by atoms with Crippen LogP contribution in [0.15, 0.2) is 18.2 Å². The Morgan fingerprint density at radius 3 is 2.81 bits per heavy atom. The molecule has 0 radical (unpaired) electrons. The van der Waals surface area contributed by atoms with Crippen LogP contribution in [0.4, 0.5) is 0 Å². The van der Waals surface area contributed by atoms with Gasteiger partial charge in [-0.2, -0.15) is 0 Å². The van der Waals surface area contributed by atoms with Crippen molar-refractivity contribution in [2.24, 2.45) is 0 Å². The van der Waals surface area contributed by atoms with E-state index in [-0.39, 0.29) is 24.1 Å². The molecule has 2 bridgehead atoms. The van der Waals surface area contributed by atoms with E-state index in [1.165, 1.54) is 18.4 Å². The van der Waals surface area contributed by atoms with E-state index in [0.717, 1.165) is 25.2 Å².